The molecule has 154 valence electrons. The van der Waals surface area contributed by atoms with Crippen LogP contribution in [0, 0.1) is 11.2 Å². The Morgan fingerprint density at radius 2 is 1.97 bits per heavy atom. The molecule has 0 aliphatic carbocycles. The standard InChI is InChI=1S/C20H20FN7O2/c1-20(2,3)10-22-19(23-17-13-6-5-12(21)9-15(13)25-26-17)24-18(29)11-4-7-14-16(8-11)28-30-27-14/h4-9H,10H2,1-3H3,(H3,22,23,24,25,26,29). The number of aliphatic imine (C=N–C) groups is 1. The SMILES string of the molecule is CC(C)(C)CN=C(NC(=O)c1ccc2nonc2c1)Nc1n[nH]c2cc(F)ccc12. The first kappa shape index (κ1) is 19.5. The van der Waals surface area contributed by atoms with Gasteiger partial charge < -0.3 is 5.32 Å². The molecule has 0 spiro atoms. The lowest BCUT2D eigenvalue weighted by Crippen LogP contribution is -2.37. The summed E-state index contributed by atoms with van der Waals surface area (Å²) < 4.78 is 18.1. The molecule has 0 fully saturated rings. The summed E-state index contributed by atoms with van der Waals surface area (Å²) in [4.78, 5) is 17.3. The molecule has 0 aliphatic heterocycles. The van der Waals surface area contributed by atoms with E-state index in [4.69, 9.17) is 0 Å². The van der Waals surface area contributed by atoms with Crippen LogP contribution in [0.1, 0.15) is 31.1 Å². The van der Waals surface area contributed by atoms with E-state index in [1.807, 2.05) is 20.8 Å². The molecule has 3 N–H and O–H groups in total. The maximum atomic E-state index is 13.4. The molecular formula is C20H20FN7O2. The number of anilines is 1. The van der Waals surface area contributed by atoms with Crippen LogP contribution in [-0.4, -0.2) is 38.9 Å². The maximum Gasteiger partial charge on any atom is 0.258 e. The normalized spacial score (nSPS) is 12.5. The fourth-order valence-corrected chi connectivity index (χ4v) is 2.73. The van der Waals surface area contributed by atoms with Crippen molar-refractivity contribution in [2.45, 2.75) is 20.8 Å². The first-order valence-electron chi connectivity index (χ1n) is 9.27. The van der Waals surface area contributed by atoms with Gasteiger partial charge in [-0.15, -0.1) is 0 Å². The number of hydrogen-bond donors (Lipinski definition) is 3. The van der Waals surface area contributed by atoms with Gasteiger partial charge in [0.2, 0.25) is 5.96 Å². The topological polar surface area (TPSA) is 121 Å². The van der Waals surface area contributed by atoms with Crippen molar-refractivity contribution in [1.29, 1.82) is 0 Å². The van der Waals surface area contributed by atoms with Gasteiger partial charge in [0.05, 0.1) is 5.52 Å². The van der Waals surface area contributed by atoms with Crippen LogP contribution in [0.3, 0.4) is 0 Å². The van der Waals surface area contributed by atoms with E-state index in [2.05, 4.69) is 40.8 Å². The fourth-order valence-electron chi connectivity index (χ4n) is 2.73. The highest BCUT2D eigenvalue weighted by molar-refractivity contribution is 6.12. The number of aromatic amines is 1. The summed E-state index contributed by atoms with van der Waals surface area (Å²) in [5.74, 6) is -0.101. The van der Waals surface area contributed by atoms with Crippen molar-refractivity contribution in [1.82, 2.24) is 25.8 Å². The van der Waals surface area contributed by atoms with Crippen molar-refractivity contribution in [3.63, 3.8) is 0 Å². The molecule has 0 saturated heterocycles. The van der Waals surface area contributed by atoms with Crippen LogP contribution in [0.15, 0.2) is 46.0 Å². The third-order valence-electron chi connectivity index (χ3n) is 4.22. The van der Waals surface area contributed by atoms with Gasteiger partial charge in [-0.2, -0.15) is 5.10 Å². The van der Waals surface area contributed by atoms with Gasteiger partial charge in [-0.1, -0.05) is 20.8 Å². The number of benzene rings is 2. The Bertz CT molecular complexity index is 1250. The van der Waals surface area contributed by atoms with Crippen LogP contribution in [0.4, 0.5) is 10.2 Å². The number of aromatic nitrogens is 4. The van der Waals surface area contributed by atoms with E-state index in [0.29, 0.717) is 39.9 Å². The van der Waals surface area contributed by atoms with Gasteiger partial charge >= 0.3 is 0 Å². The highest BCUT2D eigenvalue weighted by Gasteiger charge is 2.16. The van der Waals surface area contributed by atoms with Crippen molar-refractivity contribution in [3.05, 3.63) is 47.8 Å². The molecule has 2 aromatic carbocycles. The van der Waals surface area contributed by atoms with E-state index < -0.39 is 0 Å². The van der Waals surface area contributed by atoms with Crippen LogP contribution < -0.4 is 10.6 Å². The number of nitrogens with one attached hydrogen (secondary N) is 3. The van der Waals surface area contributed by atoms with E-state index in [-0.39, 0.29) is 23.1 Å². The molecule has 0 radical (unpaired) electrons. The number of rotatable bonds is 3. The number of nitrogens with zero attached hydrogens (tertiary/aromatic N) is 4. The predicted octanol–water partition coefficient (Wildman–Crippen LogP) is 3.48. The lowest BCUT2D eigenvalue weighted by molar-refractivity contribution is 0.0977. The zero-order valence-corrected chi connectivity index (χ0v) is 16.7. The first-order chi connectivity index (χ1) is 14.3. The van der Waals surface area contributed by atoms with Crippen molar-refractivity contribution in [2.75, 3.05) is 11.9 Å². The molecule has 0 atom stereocenters. The van der Waals surface area contributed by atoms with Crippen molar-refractivity contribution in [2.24, 2.45) is 10.4 Å². The molecular weight excluding hydrogens is 389 g/mol. The minimum absolute atomic E-state index is 0.0975. The molecule has 4 aromatic rings. The molecule has 10 heteroatoms. The van der Waals surface area contributed by atoms with Crippen LogP contribution in [0.2, 0.25) is 0 Å². The molecule has 1 amide bonds. The number of amides is 1. The lowest BCUT2D eigenvalue weighted by atomic mass is 9.97. The zero-order valence-electron chi connectivity index (χ0n) is 16.7. The Morgan fingerprint density at radius 1 is 1.17 bits per heavy atom. The van der Waals surface area contributed by atoms with Gasteiger partial charge in [-0.25, -0.2) is 9.02 Å². The molecule has 0 saturated carbocycles. The summed E-state index contributed by atoms with van der Waals surface area (Å²) in [5, 5.41) is 20.9. The van der Waals surface area contributed by atoms with Gasteiger partial charge in [0.1, 0.15) is 16.9 Å². The van der Waals surface area contributed by atoms with Crippen LogP contribution in [0.25, 0.3) is 21.9 Å². The maximum absolute atomic E-state index is 13.4. The Kier molecular flexibility index (Phi) is 4.90. The Hall–Kier alpha value is -3.82. The third-order valence-corrected chi connectivity index (χ3v) is 4.22. The van der Waals surface area contributed by atoms with Gasteiger partial charge in [0, 0.05) is 17.5 Å². The molecule has 0 bridgehead atoms. The summed E-state index contributed by atoms with van der Waals surface area (Å²) in [7, 11) is 0. The van der Waals surface area contributed by atoms with Crippen molar-refractivity contribution in [3.8, 4) is 0 Å². The Balaban J connectivity index is 1.61. The number of H-pyrrole nitrogens is 1. The van der Waals surface area contributed by atoms with E-state index in [1.54, 1.807) is 24.3 Å². The number of fused-ring (bicyclic) bond motifs is 2. The summed E-state index contributed by atoms with van der Waals surface area (Å²) in [6, 6.07) is 9.14. The average Bonchev–Trinajstić information content (AvgIpc) is 3.31. The third kappa shape index (κ3) is 4.27. The highest BCUT2D eigenvalue weighted by atomic mass is 19.1. The van der Waals surface area contributed by atoms with Crippen LogP contribution in [-0.2, 0) is 0 Å². The second kappa shape index (κ2) is 7.54. The average molecular weight is 409 g/mol. The Morgan fingerprint density at radius 3 is 2.77 bits per heavy atom. The molecule has 2 aromatic heterocycles. The minimum Gasteiger partial charge on any atom is -0.309 e. The van der Waals surface area contributed by atoms with E-state index in [1.165, 1.54) is 12.1 Å². The summed E-state index contributed by atoms with van der Waals surface area (Å²) in [6.45, 7) is 6.56. The van der Waals surface area contributed by atoms with Crippen LogP contribution in [0.5, 0.6) is 0 Å². The first-order valence-corrected chi connectivity index (χ1v) is 9.27. The zero-order chi connectivity index (χ0) is 21.3. The predicted molar refractivity (Wildman–Crippen MR) is 111 cm³/mol. The molecule has 0 unspecified atom stereocenters. The molecule has 2 heterocycles. The van der Waals surface area contributed by atoms with Crippen LogP contribution >= 0.6 is 0 Å². The number of guanidine groups is 1. The fraction of sp³-hybridized carbons (Fsp3) is 0.250. The van der Waals surface area contributed by atoms with Gasteiger partial charge in [0.15, 0.2) is 5.82 Å². The Labute approximate surface area is 170 Å². The molecule has 0 aliphatic rings. The summed E-state index contributed by atoms with van der Waals surface area (Å²) >= 11 is 0. The summed E-state index contributed by atoms with van der Waals surface area (Å²) in [6.07, 6.45) is 0. The van der Waals surface area contributed by atoms with Gasteiger partial charge in [-0.3, -0.25) is 20.2 Å². The second-order valence-corrected chi connectivity index (χ2v) is 8.03. The number of halogens is 1. The van der Waals surface area contributed by atoms with E-state index >= 15 is 0 Å². The molecule has 9 nitrogen and oxygen atoms in total. The molecule has 30 heavy (non-hydrogen) atoms. The number of carbonyl (C=O) groups is 1. The lowest BCUT2D eigenvalue weighted by Gasteiger charge is -2.17. The number of carbonyl (C=O) groups excluding carboxylic acids is 1. The minimum atomic E-state index is -0.383. The number of hydrogen-bond acceptors (Lipinski definition) is 6. The highest BCUT2D eigenvalue weighted by Crippen LogP contribution is 2.21. The quantitative estimate of drug-likeness (QED) is 0.352. The van der Waals surface area contributed by atoms with E-state index in [9.17, 15) is 9.18 Å². The van der Waals surface area contributed by atoms with Gasteiger partial charge in [-0.05, 0) is 52.1 Å². The van der Waals surface area contributed by atoms with Crippen molar-refractivity contribution >= 4 is 39.6 Å². The smallest absolute Gasteiger partial charge is 0.258 e. The largest absolute Gasteiger partial charge is 0.309 e. The van der Waals surface area contributed by atoms with Gasteiger partial charge in [0.25, 0.3) is 5.91 Å². The molecule has 4 rings (SSSR count). The summed E-state index contributed by atoms with van der Waals surface area (Å²) in [5.41, 5.74) is 1.84. The monoisotopic (exact) mass is 409 g/mol. The van der Waals surface area contributed by atoms with Crippen molar-refractivity contribution < 1.29 is 13.8 Å². The van der Waals surface area contributed by atoms with E-state index in [0.717, 1.165) is 0 Å². The second-order valence-electron chi connectivity index (χ2n) is 8.03.